The molecule has 8 nitrogen and oxygen atoms in total. The van der Waals surface area contributed by atoms with E-state index in [0.29, 0.717) is 10.7 Å². The maximum Gasteiger partial charge on any atom is 0.348 e. The number of carbonyl (C=O) groups excluding carboxylic acids is 3. The Hall–Kier alpha value is -2.33. The van der Waals surface area contributed by atoms with Gasteiger partial charge in [-0.1, -0.05) is 11.8 Å². The minimum Gasteiger partial charge on any atom is -0.462 e. The van der Waals surface area contributed by atoms with E-state index in [2.05, 4.69) is 15.3 Å². The number of rotatable bonds is 8. The summed E-state index contributed by atoms with van der Waals surface area (Å²) >= 11 is 2.22. The number of nitrogens with zero attached hydrogens (tertiary/aromatic N) is 1. The Morgan fingerprint density at radius 3 is 2.54 bits per heavy atom. The van der Waals surface area contributed by atoms with Gasteiger partial charge in [0.15, 0.2) is 5.16 Å². The quantitative estimate of drug-likeness (QED) is 0.520. The number of H-pyrrole nitrogens is 1. The number of aromatic nitrogens is 2. The van der Waals surface area contributed by atoms with Crippen molar-refractivity contribution in [2.24, 2.45) is 0 Å². The summed E-state index contributed by atoms with van der Waals surface area (Å²) in [7, 11) is 0. The average molecular weight is 397 g/mol. The molecule has 2 N–H and O–H groups in total. The van der Waals surface area contributed by atoms with Gasteiger partial charge < -0.3 is 19.8 Å². The first-order valence-corrected chi connectivity index (χ1v) is 9.67. The van der Waals surface area contributed by atoms with E-state index in [0.717, 1.165) is 11.3 Å². The van der Waals surface area contributed by atoms with E-state index >= 15 is 0 Å². The molecule has 1 amide bonds. The second-order valence-corrected chi connectivity index (χ2v) is 6.92. The summed E-state index contributed by atoms with van der Waals surface area (Å²) < 4.78 is 10.1. The van der Waals surface area contributed by atoms with Crippen molar-refractivity contribution < 1.29 is 23.9 Å². The third-order valence-electron chi connectivity index (χ3n) is 3.15. The third-order valence-corrected chi connectivity index (χ3v) is 5.24. The van der Waals surface area contributed by atoms with Gasteiger partial charge in [0.1, 0.15) is 9.88 Å². The number of nitrogens with one attached hydrogen (secondary N) is 2. The third kappa shape index (κ3) is 4.85. The first kappa shape index (κ1) is 20.0. The zero-order valence-electron chi connectivity index (χ0n) is 14.6. The number of amides is 1. The molecule has 2 aromatic heterocycles. The molecule has 140 valence electrons. The van der Waals surface area contributed by atoms with Gasteiger partial charge in [-0.3, -0.25) is 4.79 Å². The zero-order chi connectivity index (χ0) is 19.1. The summed E-state index contributed by atoms with van der Waals surface area (Å²) in [5, 5.41) is 3.56. The lowest BCUT2D eigenvalue weighted by molar-refractivity contribution is -0.113. The Balaban J connectivity index is 2.21. The van der Waals surface area contributed by atoms with E-state index in [-0.39, 0.29) is 40.3 Å². The number of aromatic amines is 1. The Labute approximate surface area is 158 Å². The van der Waals surface area contributed by atoms with Gasteiger partial charge in [-0.2, -0.15) is 0 Å². The predicted octanol–water partition coefficient (Wildman–Crippen LogP) is 2.86. The fourth-order valence-electron chi connectivity index (χ4n) is 2.07. The molecule has 0 saturated heterocycles. The summed E-state index contributed by atoms with van der Waals surface area (Å²) in [5.74, 6) is -1.35. The van der Waals surface area contributed by atoms with E-state index < -0.39 is 11.9 Å². The van der Waals surface area contributed by atoms with Gasteiger partial charge in [0, 0.05) is 12.4 Å². The van der Waals surface area contributed by atoms with Gasteiger partial charge >= 0.3 is 11.9 Å². The van der Waals surface area contributed by atoms with Crippen molar-refractivity contribution in [3.63, 3.8) is 0 Å². The van der Waals surface area contributed by atoms with E-state index in [4.69, 9.17) is 9.47 Å². The van der Waals surface area contributed by atoms with Crippen LogP contribution in [0.4, 0.5) is 5.00 Å². The molecule has 0 atom stereocenters. The molecular weight excluding hydrogens is 378 g/mol. The van der Waals surface area contributed by atoms with E-state index in [1.54, 1.807) is 33.2 Å². The zero-order valence-corrected chi connectivity index (χ0v) is 16.2. The molecule has 0 aliphatic rings. The SMILES string of the molecule is CCOC(=O)c1sc(NC(=O)CSc2ncc[nH]2)c(C(=O)OCC)c1C. The van der Waals surface area contributed by atoms with Crippen LogP contribution in [0.3, 0.4) is 0 Å². The Morgan fingerprint density at radius 1 is 1.23 bits per heavy atom. The maximum atomic E-state index is 12.3. The minimum absolute atomic E-state index is 0.0987. The smallest absolute Gasteiger partial charge is 0.348 e. The van der Waals surface area contributed by atoms with Gasteiger partial charge in [-0.05, 0) is 26.3 Å². The molecule has 26 heavy (non-hydrogen) atoms. The van der Waals surface area contributed by atoms with Crippen molar-refractivity contribution in [2.75, 3.05) is 24.3 Å². The van der Waals surface area contributed by atoms with Crippen LogP contribution in [-0.2, 0) is 14.3 Å². The minimum atomic E-state index is -0.592. The summed E-state index contributed by atoms with van der Waals surface area (Å²) in [6.07, 6.45) is 3.25. The van der Waals surface area contributed by atoms with E-state index in [9.17, 15) is 14.4 Å². The van der Waals surface area contributed by atoms with Crippen LogP contribution in [0.15, 0.2) is 17.6 Å². The molecule has 0 aliphatic carbocycles. The van der Waals surface area contributed by atoms with Crippen LogP contribution >= 0.6 is 23.1 Å². The van der Waals surface area contributed by atoms with Crippen molar-refractivity contribution >= 4 is 45.9 Å². The highest BCUT2D eigenvalue weighted by atomic mass is 32.2. The van der Waals surface area contributed by atoms with Crippen LogP contribution < -0.4 is 5.32 Å². The molecule has 2 heterocycles. The van der Waals surface area contributed by atoms with Crippen LogP contribution in [0.2, 0.25) is 0 Å². The van der Waals surface area contributed by atoms with Crippen molar-refractivity contribution in [1.29, 1.82) is 0 Å². The highest BCUT2D eigenvalue weighted by molar-refractivity contribution is 7.99. The Morgan fingerprint density at radius 2 is 1.92 bits per heavy atom. The molecule has 10 heteroatoms. The highest BCUT2D eigenvalue weighted by Gasteiger charge is 2.27. The standard InChI is InChI=1S/C16H19N3O5S2/c1-4-23-14(21)11-9(3)12(15(22)24-5-2)26-13(11)19-10(20)8-25-16-17-6-7-18-16/h6-7H,4-5,8H2,1-3H3,(H,17,18)(H,19,20). The maximum absolute atomic E-state index is 12.3. The number of carbonyl (C=O) groups is 3. The lowest BCUT2D eigenvalue weighted by Crippen LogP contribution is -2.16. The molecule has 2 rings (SSSR count). The Bertz CT molecular complexity index is 786. The van der Waals surface area contributed by atoms with E-state index in [1.807, 2.05) is 0 Å². The number of ether oxygens (including phenoxy) is 2. The Kier molecular flexibility index (Phi) is 7.22. The van der Waals surface area contributed by atoms with Crippen molar-refractivity contribution in [1.82, 2.24) is 9.97 Å². The molecule has 0 radical (unpaired) electrons. The molecule has 0 fully saturated rings. The second-order valence-electron chi connectivity index (χ2n) is 4.93. The molecule has 0 unspecified atom stereocenters. The van der Waals surface area contributed by atoms with Crippen LogP contribution in [-0.4, -0.2) is 46.8 Å². The molecule has 0 aliphatic heterocycles. The van der Waals surface area contributed by atoms with Crippen LogP contribution in [0.5, 0.6) is 0 Å². The van der Waals surface area contributed by atoms with Crippen LogP contribution in [0.1, 0.15) is 39.4 Å². The predicted molar refractivity (Wildman–Crippen MR) is 98.9 cm³/mol. The first-order valence-electron chi connectivity index (χ1n) is 7.87. The van der Waals surface area contributed by atoms with Gasteiger partial charge in [-0.25, -0.2) is 14.6 Å². The molecule has 0 bridgehead atoms. The number of imidazole rings is 1. The molecule has 0 spiro atoms. The van der Waals surface area contributed by atoms with Gasteiger partial charge in [-0.15, -0.1) is 11.3 Å². The molecule has 2 aromatic rings. The lowest BCUT2D eigenvalue weighted by atomic mass is 10.1. The first-order chi connectivity index (χ1) is 12.5. The number of hydrogen-bond donors (Lipinski definition) is 2. The number of esters is 2. The van der Waals surface area contributed by atoms with Crippen molar-refractivity contribution in [3.05, 3.63) is 28.4 Å². The van der Waals surface area contributed by atoms with Crippen LogP contribution in [0, 0.1) is 6.92 Å². The second kappa shape index (κ2) is 9.39. The molecular formula is C16H19N3O5S2. The summed E-state index contributed by atoms with van der Waals surface area (Å²) in [6.45, 7) is 5.41. The molecule has 0 aromatic carbocycles. The van der Waals surface area contributed by atoms with Gasteiger partial charge in [0.2, 0.25) is 5.91 Å². The number of anilines is 1. The van der Waals surface area contributed by atoms with Crippen molar-refractivity contribution in [3.8, 4) is 0 Å². The van der Waals surface area contributed by atoms with Gasteiger partial charge in [0.05, 0.1) is 24.5 Å². The monoisotopic (exact) mass is 397 g/mol. The highest BCUT2D eigenvalue weighted by Crippen LogP contribution is 2.34. The van der Waals surface area contributed by atoms with Crippen molar-refractivity contribution in [2.45, 2.75) is 25.9 Å². The normalized spacial score (nSPS) is 10.4. The largest absolute Gasteiger partial charge is 0.462 e. The average Bonchev–Trinajstić information content (AvgIpc) is 3.21. The van der Waals surface area contributed by atoms with E-state index in [1.165, 1.54) is 11.8 Å². The van der Waals surface area contributed by atoms with Crippen LogP contribution in [0.25, 0.3) is 0 Å². The van der Waals surface area contributed by atoms with Gasteiger partial charge in [0.25, 0.3) is 0 Å². The fourth-order valence-corrected chi connectivity index (χ4v) is 3.80. The number of thiophene rings is 1. The summed E-state index contributed by atoms with van der Waals surface area (Å²) in [5.41, 5.74) is 0.608. The number of hydrogen-bond acceptors (Lipinski definition) is 8. The number of thioether (sulfide) groups is 1. The lowest BCUT2D eigenvalue weighted by Gasteiger charge is -2.06. The topological polar surface area (TPSA) is 110 Å². The molecule has 0 saturated carbocycles. The fraction of sp³-hybridized carbons (Fsp3) is 0.375. The summed E-state index contributed by atoms with van der Waals surface area (Å²) in [6, 6.07) is 0. The summed E-state index contributed by atoms with van der Waals surface area (Å²) in [4.78, 5) is 43.7.